The van der Waals surface area contributed by atoms with Gasteiger partial charge in [-0.1, -0.05) is 0 Å². The van der Waals surface area contributed by atoms with E-state index >= 15 is 0 Å². The second kappa shape index (κ2) is 10.1. The van der Waals surface area contributed by atoms with Crippen molar-refractivity contribution in [2.45, 2.75) is 24.9 Å². The molecule has 0 bridgehead atoms. The number of hydrogen-bond acceptors (Lipinski definition) is 7. The zero-order chi connectivity index (χ0) is 23.3. The minimum Gasteiger partial charge on any atom is -0.494 e. The minimum absolute atomic E-state index is 0.134. The number of likely N-dealkylation sites (N-methyl/N-ethyl adjacent to an activating group) is 1. The summed E-state index contributed by atoms with van der Waals surface area (Å²) in [4.78, 5) is 25.6. The lowest BCUT2D eigenvalue weighted by atomic mass is 9.91. The zero-order valence-electron chi connectivity index (χ0n) is 19.0. The summed E-state index contributed by atoms with van der Waals surface area (Å²) in [5.74, 6) is 0.576. The summed E-state index contributed by atoms with van der Waals surface area (Å²) in [6, 6.07) is 12.8. The van der Waals surface area contributed by atoms with E-state index in [1.165, 1.54) is 0 Å². The first kappa shape index (κ1) is 22.9. The van der Waals surface area contributed by atoms with Gasteiger partial charge in [0.25, 0.3) is 5.91 Å². The zero-order valence-corrected chi connectivity index (χ0v) is 19.0. The molecule has 8 heteroatoms. The number of rotatable bonds is 8. The molecule has 8 nitrogen and oxygen atoms in total. The van der Waals surface area contributed by atoms with Crippen LogP contribution in [0.4, 0.5) is 5.69 Å². The predicted molar refractivity (Wildman–Crippen MR) is 129 cm³/mol. The molecule has 0 spiro atoms. The standard InChI is InChI=1S/C25H31N5O3/c1-29(24(31)19-6-8-20(9-7-19)33-16-4-12-26)17-25(32)11-3-15-30(18-25)22-10-14-27-21-5-2-13-28-23(21)22/h2,5-10,13-14,32H,3-4,11-12,15-18,26H2,1H3/t25-/m0/s1. The SMILES string of the molecule is CN(C[C@@]1(O)CCCN(c2ccnc3cccnc23)C1)C(=O)c1ccc(OCCCN)cc1. The maximum atomic E-state index is 13.0. The first-order valence-electron chi connectivity index (χ1n) is 11.3. The highest BCUT2D eigenvalue weighted by Crippen LogP contribution is 2.30. The normalized spacial score (nSPS) is 18.3. The fourth-order valence-corrected chi connectivity index (χ4v) is 4.37. The van der Waals surface area contributed by atoms with E-state index in [0.29, 0.717) is 37.4 Å². The third kappa shape index (κ3) is 5.40. The van der Waals surface area contributed by atoms with Gasteiger partial charge in [0.05, 0.1) is 30.0 Å². The van der Waals surface area contributed by atoms with Gasteiger partial charge < -0.3 is 25.4 Å². The molecule has 174 valence electrons. The Morgan fingerprint density at radius 2 is 2.03 bits per heavy atom. The lowest BCUT2D eigenvalue weighted by Crippen LogP contribution is -2.54. The number of nitrogens with zero attached hydrogens (tertiary/aromatic N) is 4. The van der Waals surface area contributed by atoms with Crippen molar-refractivity contribution in [3.63, 3.8) is 0 Å². The van der Waals surface area contributed by atoms with Gasteiger partial charge in [0.15, 0.2) is 0 Å². The number of nitrogens with two attached hydrogens (primary N) is 1. The van der Waals surface area contributed by atoms with Gasteiger partial charge in [0.2, 0.25) is 0 Å². The van der Waals surface area contributed by atoms with Crippen LogP contribution in [0.15, 0.2) is 54.9 Å². The number of aromatic nitrogens is 2. The number of carbonyl (C=O) groups is 1. The summed E-state index contributed by atoms with van der Waals surface area (Å²) in [5, 5.41) is 11.4. The number of fused-ring (bicyclic) bond motifs is 1. The number of β-amino-alcohol motifs (C(OH)–C–C–N with tert-alkyl or cyclic N) is 1. The van der Waals surface area contributed by atoms with Crippen LogP contribution in [0, 0.1) is 0 Å². The van der Waals surface area contributed by atoms with Gasteiger partial charge in [-0.25, -0.2) is 0 Å². The Kier molecular flexibility index (Phi) is 7.05. The Labute approximate surface area is 194 Å². The first-order valence-corrected chi connectivity index (χ1v) is 11.3. The molecule has 1 fully saturated rings. The maximum absolute atomic E-state index is 13.0. The molecule has 3 N–H and O–H groups in total. The van der Waals surface area contributed by atoms with E-state index in [9.17, 15) is 9.90 Å². The minimum atomic E-state index is -1.02. The van der Waals surface area contributed by atoms with Crippen molar-refractivity contribution in [3.05, 3.63) is 60.4 Å². The van der Waals surface area contributed by atoms with Gasteiger partial charge in [-0.3, -0.25) is 14.8 Å². The van der Waals surface area contributed by atoms with Gasteiger partial charge in [0.1, 0.15) is 11.3 Å². The molecule has 4 rings (SSSR count). The molecule has 3 aromatic rings. The number of carbonyl (C=O) groups excluding carboxylic acids is 1. The van der Waals surface area contributed by atoms with Crippen molar-refractivity contribution < 1.29 is 14.6 Å². The van der Waals surface area contributed by atoms with E-state index in [-0.39, 0.29) is 12.5 Å². The van der Waals surface area contributed by atoms with Gasteiger partial charge in [0, 0.05) is 38.1 Å². The van der Waals surface area contributed by atoms with Crippen LogP contribution in [0.25, 0.3) is 11.0 Å². The van der Waals surface area contributed by atoms with Gasteiger partial charge in [-0.05, 0) is 68.3 Å². The quantitative estimate of drug-likeness (QED) is 0.509. The summed E-state index contributed by atoms with van der Waals surface area (Å²) in [7, 11) is 1.73. The lowest BCUT2D eigenvalue weighted by Gasteiger charge is -2.42. The lowest BCUT2D eigenvalue weighted by molar-refractivity contribution is 0.0000607. The van der Waals surface area contributed by atoms with Crippen molar-refractivity contribution >= 4 is 22.6 Å². The topological polar surface area (TPSA) is 105 Å². The average molecular weight is 450 g/mol. The Morgan fingerprint density at radius 1 is 1.21 bits per heavy atom. The number of hydrogen-bond donors (Lipinski definition) is 2. The molecular formula is C25H31N5O3. The molecule has 2 aromatic heterocycles. The molecule has 0 unspecified atom stereocenters. The molecule has 0 saturated carbocycles. The van der Waals surface area contributed by atoms with E-state index in [4.69, 9.17) is 10.5 Å². The molecule has 0 radical (unpaired) electrons. The number of aliphatic hydroxyl groups is 1. The van der Waals surface area contributed by atoms with E-state index in [2.05, 4.69) is 14.9 Å². The second-order valence-corrected chi connectivity index (χ2v) is 8.63. The van der Waals surface area contributed by atoms with E-state index in [1.807, 2.05) is 18.2 Å². The maximum Gasteiger partial charge on any atom is 0.253 e. The van der Waals surface area contributed by atoms with Crippen molar-refractivity contribution in [1.82, 2.24) is 14.9 Å². The smallest absolute Gasteiger partial charge is 0.253 e. The van der Waals surface area contributed by atoms with E-state index in [0.717, 1.165) is 36.1 Å². The molecule has 1 aliphatic heterocycles. The molecule has 1 atom stereocenters. The number of benzene rings is 1. The fourth-order valence-electron chi connectivity index (χ4n) is 4.37. The van der Waals surface area contributed by atoms with Crippen LogP contribution in [0.2, 0.25) is 0 Å². The summed E-state index contributed by atoms with van der Waals surface area (Å²) in [6.45, 7) is 2.62. The Morgan fingerprint density at radius 3 is 2.82 bits per heavy atom. The molecule has 3 heterocycles. The van der Waals surface area contributed by atoms with Gasteiger partial charge >= 0.3 is 0 Å². The number of ether oxygens (including phenoxy) is 1. The van der Waals surface area contributed by atoms with Crippen LogP contribution in [-0.2, 0) is 0 Å². The molecule has 33 heavy (non-hydrogen) atoms. The summed E-state index contributed by atoms with van der Waals surface area (Å²) < 4.78 is 5.60. The Hall–Kier alpha value is -3.23. The van der Waals surface area contributed by atoms with Gasteiger partial charge in [-0.2, -0.15) is 0 Å². The molecule has 1 saturated heterocycles. The summed E-state index contributed by atoms with van der Waals surface area (Å²) in [5.41, 5.74) is 7.63. The molecule has 1 amide bonds. The van der Waals surface area contributed by atoms with Crippen molar-refractivity contribution in [1.29, 1.82) is 0 Å². The summed E-state index contributed by atoms with van der Waals surface area (Å²) in [6.07, 6.45) is 5.76. The van der Waals surface area contributed by atoms with Crippen LogP contribution in [-0.4, -0.2) is 71.3 Å². The average Bonchev–Trinajstić information content (AvgIpc) is 2.83. The predicted octanol–water partition coefficient (Wildman–Crippen LogP) is 2.46. The monoisotopic (exact) mass is 449 g/mol. The van der Waals surface area contributed by atoms with Crippen LogP contribution in [0.1, 0.15) is 29.6 Å². The molecule has 1 aliphatic rings. The largest absolute Gasteiger partial charge is 0.494 e. The number of amides is 1. The van der Waals surface area contributed by atoms with Crippen molar-refractivity contribution in [3.8, 4) is 5.75 Å². The van der Waals surface area contributed by atoms with E-state index < -0.39 is 5.60 Å². The van der Waals surface area contributed by atoms with Crippen LogP contribution < -0.4 is 15.4 Å². The van der Waals surface area contributed by atoms with Crippen molar-refractivity contribution in [2.75, 3.05) is 44.7 Å². The fraction of sp³-hybridized carbons (Fsp3) is 0.400. The highest BCUT2D eigenvalue weighted by molar-refractivity contribution is 5.94. The van der Waals surface area contributed by atoms with Gasteiger partial charge in [-0.15, -0.1) is 0 Å². The number of anilines is 1. The molecular weight excluding hydrogens is 418 g/mol. The third-order valence-corrected chi connectivity index (χ3v) is 5.97. The van der Waals surface area contributed by atoms with E-state index in [1.54, 1.807) is 48.6 Å². The molecule has 1 aromatic carbocycles. The highest BCUT2D eigenvalue weighted by atomic mass is 16.5. The summed E-state index contributed by atoms with van der Waals surface area (Å²) >= 11 is 0. The highest BCUT2D eigenvalue weighted by Gasteiger charge is 2.36. The first-order chi connectivity index (χ1) is 16.0. The van der Waals surface area contributed by atoms with Crippen LogP contribution in [0.5, 0.6) is 5.75 Å². The Bertz CT molecular complexity index is 1090. The van der Waals surface area contributed by atoms with Crippen molar-refractivity contribution in [2.24, 2.45) is 5.73 Å². The third-order valence-electron chi connectivity index (χ3n) is 5.97. The number of piperidine rings is 1. The Balaban J connectivity index is 1.42. The molecule has 0 aliphatic carbocycles. The van der Waals surface area contributed by atoms with Crippen LogP contribution >= 0.6 is 0 Å². The number of pyridine rings is 2. The second-order valence-electron chi connectivity index (χ2n) is 8.63. The van der Waals surface area contributed by atoms with Crippen LogP contribution in [0.3, 0.4) is 0 Å².